The molecule has 4 nitrogen and oxygen atoms in total. The van der Waals surface area contributed by atoms with Gasteiger partial charge in [-0.3, -0.25) is 9.59 Å². The van der Waals surface area contributed by atoms with Gasteiger partial charge in [0.25, 0.3) is 0 Å². The van der Waals surface area contributed by atoms with Crippen LogP contribution in [0.25, 0.3) is 0 Å². The van der Waals surface area contributed by atoms with E-state index < -0.39 is 23.8 Å². The molecule has 0 aliphatic heterocycles. The first-order valence-electron chi connectivity index (χ1n) is 9.12. The van der Waals surface area contributed by atoms with Crippen molar-refractivity contribution in [1.82, 2.24) is 0 Å². The summed E-state index contributed by atoms with van der Waals surface area (Å²) < 4.78 is 5.30. The van der Waals surface area contributed by atoms with Gasteiger partial charge in [-0.05, 0) is 42.7 Å². The highest BCUT2D eigenvalue weighted by molar-refractivity contribution is 5.83. The van der Waals surface area contributed by atoms with Gasteiger partial charge in [-0.25, -0.2) is 0 Å². The molecule has 4 atom stereocenters. The number of carbonyl (C=O) groups is 2. The van der Waals surface area contributed by atoms with E-state index in [-0.39, 0.29) is 18.4 Å². The third kappa shape index (κ3) is 3.64. The molecule has 26 heavy (non-hydrogen) atoms. The molecule has 2 aromatic carbocycles. The lowest BCUT2D eigenvalue weighted by atomic mass is 9.63. The van der Waals surface area contributed by atoms with Crippen molar-refractivity contribution in [3.63, 3.8) is 0 Å². The first-order chi connectivity index (χ1) is 12.6. The van der Waals surface area contributed by atoms with Crippen LogP contribution in [0.15, 0.2) is 60.7 Å². The van der Waals surface area contributed by atoms with Gasteiger partial charge in [0.1, 0.15) is 0 Å². The standard InChI is InChI=1S/C22H24O4/c1-2-26-22(25)20-18(16-11-7-4-8-12-16)14-13-17(19(20)21(23)24)15-9-5-3-6-10-15/h3-12,17-20H,2,13-14H2,1H3,(H,23,24)/t17-,18+,19-,20+/m0/s1. The summed E-state index contributed by atoms with van der Waals surface area (Å²) in [5, 5.41) is 10.0. The number of hydrogen-bond acceptors (Lipinski definition) is 3. The second-order valence-electron chi connectivity index (χ2n) is 6.75. The molecule has 136 valence electrons. The Balaban J connectivity index is 2.03. The van der Waals surface area contributed by atoms with Crippen molar-refractivity contribution >= 4 is 11.9 Å². The molecule has 2 aromatic rings. The molecule has 0 spiro atoms. The molecular formula is C22H24O4. The maximum atomic E-state index is 12.8. The van der Waals surface area contributed by atoms with E-state index in [4.69, 9.17) is 4.74 Å². The van der Waals surface area contributed by atoms with E-state index in [0.29, 0.717) is 0 Å². The summed E-state index contributed by atoms with van der Waals surface area (Å²) in [4.78, 5) is 25.0. The summed E-state index contributed by atoms with van der Waals surface area (Å²) in [5.74, 6) is -3.16. The number of benzene rings is 2. The zero-order chi connectivity index (χ0) is 18.5. The maximum Gasteiger partial charge on any atom is 0.310 e. The van der Waals surface area contributed by atoms with Gasteiger partial charge in [0, 0.05) is 0 Å². The Kier molecular flexibility index (Phi) is 5.71. The number of aliphatic carboxylic acids is 1. The third-order valence-electron chi connectivity index (χ3n) is 5.34. The normalized spacial score (nSPS) is 25.4. The Morgan fingerprint density at radius 2 is 1.35 bits per heavy atom. The number of carboxylic acid groups (broad SMARTS) is 1. The minimum Gasteiger partial charge on any atom is -0.481 e. The molecule has 0 unspecified atom stereocenters. The molecule has 0 radical (unpaired) electrons. The van der Waals surface area contributed by atoms with Crippen LogP contribution in [-0.4, -0.2) is 23.7 Å². The second-order valence-corrected chi connectivity index (χ2v) is 6.75. The Bertz CT molecular complexity index is 741. The molecule has 4 heteroatoms. The van der Waals surface area contributed by atoms with Crippen molar-refractivity contribution in [2.75, 3.05) is 6.61 Å². The van der Waals surface area contributed by atoms with Crippen LogP contribution in [0.5, 0.6) is 0 Å². The fraction of sp³-hybridized carbons (Fsp3) is 0.364. The van der Waals surface area contributed by atoms with Gasteiger partial charge < -0.3 is 9.84 Å². The molecular weight excluding hydrogens is 328 g/mol. The van der Waals surface area contributed by atoms with Crippen LogP contribution in [0.1, 0.15) is 42.7 Å². The van der Waals surface area contributed by atoms with E-state index >= 15 is 0 Å². The molecule has 1 aliphatic carbocycles. The van der Waals surface area contributed by atoms with Crippen LogP contribution in [0.3, 0.4) is 0 Å². The number of carboxylic acids is 1. The minimum absolute atomic E-state index is 0.142. The second kappa shape index (κ2) is 8.17. The summed E-state index contributed by atoms with van der Waals surface area (Å²) in [6.07, 6.45) is 1.49. The highest BCUT2D eigenvalue weighted by Crippen LogP contribution is 2.48. The van der Waals surface area contributed by atoms with Gasteiger partial charge in [-0.15, -0.1) is 0 Å². The SMILES string of the molecule is CCOC(=O)[C@H]1[C@@H](C(=O)O)[C@H](c2ccccc2)CC[C@@H]1c1ccccc1. The smallest absolute Gasteiger partial charge is 0.310 e. The third-order valence-corrected chi connectivity index (χ3v) is 5.34. The summed E-state index contributed by atoms with van der Waals surface area (Å²) in [6.45, 7) is 2.00. The molecule has 0 amide bonds. The zero-order valence-corrected chi connectivity index (χ0v) is 14.9. The average molecular weight is 352 g/mol. The zero-order valence-electron chi connectivity index (χ0n) is 14.9. The Hall–Kier alpha value is -2.62. The Morgan fingerprint density at radius 3 is 1.77 bits per heavy atom. The van der Waals surface area contributed by atoms with Crippen molar-refractivity contribution < 1.29 is 19.4 Å². The Labute approximate surface area is 153 Å². The molecule has 1 aliphatic rings. The van der Waals surface area contributed by atoms with Crippen LogP contribution in [0, 0.1) is 11.8 Å². The lowest BCUT2D eigenvalue weighted by Crippen LogP contribution is -2.42. The first kappa shape index (κ1) is 18.2. The summed E-state index contributed by atoms with van der Waals surface area (Å²) in [7, 11) is 0. The lowest BCUT2D eigenvalue weighted by Gasteiger charge is -2.40. The average Bonchev–Trinajstić information content (AvgIpc) is 2.68. The van der Waals surface area contributed by atoms with Crippen LogP contribution in [-0.2, 0) is 14.3 Å². The number of ether oxygens (including phenoxy) is 1. The Morgan fingerprint density at radius 1 is 0.885 bits per heavy atom. The van der Waals surface area contributed by atoms with Gasteiger partial charge >= 0.3 is 11.9 Å². The van der Waals surface area contributed by atoms with E-state index in [0.717, 1.165) is 24.0 Å². The van der Waals surface area contributed by atoms with E-state index in [2.05, 4.69) is 0 Å². The number of carbonyl (C=O) groups excluding carboxylic acids is 1. The van der Waals surface area contributed by atoms with Crippen molar-refractivity contribution in [3.8, 4) is 0 Å². The van der Waals surface area contributed by atoms with E-state index in [9.17, 15) is 14.7 Å². The maximum absolute atomic E-state index is 12.8. The number of esters is 1. The quantitative estimate of drug-likeness (QED) is 0.818. The molecule has 3 rings (SSSR count). The van der Waals surface area contributed by atoms with E-state index in [1.54, 1.807) is 6.92 Å². The number of rotatable bonds is 5. The largest absolute Gasteiger partial charge is 0.481 e. The van der Waals surface area contributed by atoms with Crippen LogP contribution in [0.4, 0.5) is 0 Å². The summed E-state index contributed by atoms with van der Waals surface area (Å²) >= 11 is 0. The van der Waals surface area contributed by atoms with Gasteiger partial charge in [-0.1, -0.05) is 60.7 Å². The predicted molar refractivity (Wildman–Crippen MR) is 98.8 cm³/mol. The lowest BCUT2D eigenvalue weighted by molar-refractivity contribution is -0.161. The molecule has 0 saturated heterocycles. The minimum atomic E-state index is -0.933. The number of hydrogen-bond donors (Lipinski definition) is 1. The van der Waals surface area contributed by atoms with Crippen LogP contribution < -0.4 is 0 Å². The van der Waals surface area contributed by atoms with Crippen molar-refractivity contribution in [3.05, 3.63) is 71.8 Å². The van der Waals surface area contributed by atoms with Crippen LogP contribution >= 0.6 is 0 Å². The van der Waals surface area contributed by atoms with Gasteiger partial charge in [0.05, 0.1) is 18.4 Å². The van der Waals surface area contributed by atoms with Gasteiger partial charge in [0.15, 0.2) is 0 Å². The van der Waals surface area contributed by atoms with E-state index in [1.165, 1.54) is 0 Å². The van der Waals surface area contributed by atoms with Gasteiger partial charge in [0.2, 0.25) is 0 Å². The van der Waals surface area contributed by atoms with Crippen molar-refractivity contribution in [1.29, 1.82) is 0 Å². The topological polar surface area (TPSA) is 63.6 Å². The molecule has 0 bridgehead atoms. The summed E-state index contributed by atoms with van der Waals surface area (Å²) in [6, 6.07) is 19.4. The molecule has 1 saturated carbocycles. The first-order valence-corrected chi connectivity index (χ1v) is 9.12. The fourth-order valence-electron chi connectivity index (χ4n) is 4.24. The predicted octanol–water partition coefficient (Wildman–Crippen LogP) is 4.23. The molecule has 0 heterocycles. The highest BCUT2D eigenvalue weighted by atomic mass is 16.5. The van der Waals surface area contributed by atoms with Crippen molar-refractivity contribution in [2.45, 2.75) is 31.6 Å². The molecule has 1 fully saturated rings. The fourth-order valence-corrected chi connectivity index (χ4v) is 4.24. The molecule has 1 N–H and O–H groups in total. The van der Waals surface area contributed by atoms with Crippen molar-refractivity contribution in [2.24, 2.45) is 11.8 Å². The molecule has 0 aromatic heterocycles. The van der Waals surface area contributed by atoms with Gasteiger partial charge in [-0.2, -0.15) is 0 Å². The summed E-state index contributed by atoms with van der Waals surface area (Å²) in [5.41, 5.74) is 1.98. The van der Waals surface area contributed by atoms with Crippen LogP contribution in [0.2, 0.25) is 0 Å². The monoisotopic (exact) mass is 352 g/mol. The van der Waals surface area contributed by atoms with E-state index in [1.807, 2.05) is 60.7 Å². The highest BCUT2D eigenvalue weighted by Gasteiger charge is 2.48.